The minimum Gasteiger partial charge on any atom is -0.357 e. The third-order valence-corrected chi connectivity index (χ3v) is 6.80. The molecular formula is C21H26F3N5OS. The van der Waals surface area contributed by atoms with Gasteiger partial charge in [-0.3, -0.25) is 9.69 Å². The van der Waals surface area contributed by atoms with Crippen LogP contribution in [-0.2, 0) is 17.5 Å². The Balaban J connectivity index is 1.24. The number of anilines is 1. The fourth-order valence-electron chi connectivity index (χ4n) is 4.19. The van der Waals surface area contributed by atoms with Gasteiger partial charge in [0.25, 0.3) is 0 Å². The Hall–Kier alpha value is -2.20. The average molecular weight is 454 g/mol. The molecule has 2 aliphatic rings. The molecule has 2 aliphatic heterocycles. The number of carbonyl (C=O) groups is 1. The Bertz CT molecular complexity index is 885. The van der Waals surface area contributed by atoms with Crippen molar-refractivity contribution in [1.82, 2.24) is 19.8 Å². The van der Waals surface area contributed by atoms with Crippen molar-refractivity contribution in [2.24, 2.45) is 5.92 Å². The van der Waals surface area contributed by atoms with Crippen LogP contribution in [0.25, 0.3) is 0 Å². The standard InChI is InChI=1S/C21H26F3N5OS/c1-15-26-18(14-31-15)13-27-8-10-29(11-9-27)20(30)16-4-6-28(7-5-16)19-3-2-17(12-25-19)21(22,23)24/h2-3,12,14,16H,4-11,13H2,1H3. The number of hydrogen-bond donors (Lipinski definition) is 0. The number of alkyl halides is 3. The summed E-state index contributed by atoms with van der Waals surface area (Å²) in [6.45, 7) is 7.21. The first-order valence-corrected chi connectivity index (χ1v) is 11.4. The predicted molar refractivity (Wildman–Crippen MR) is 113 cm³/mol. The summed E-state index contributed by atoms with van der Waals surface area (Å²) in [5.41, 5.74) is 0.344. The van der Waals surface area contributed by atoms with E-state index in [1.165, 1.54) is 6.07 Å². The van der Waals surface area contributed by atoms with Crippen LogP contribution >= 0.6 is 11.3 Å². The van der Waals surface area contributed by atoms with E-state index in [1.807, 2.05) is 16.7 Å². The van der Waals surface area contributed by atoms with Crippen molar-refractivity contribution in [3.05, 3.63) is 40.0 Å². The van der Waals surface area contributed by atoms with Crippen molar-refractivity contribution in [2.45, 2.75) is 32.5 Å². The van der Waals surface area contributed by atoms with Crippen LogP contribution in [0.5, 0.6) is 0 Å². The first kappa shape index (κ1) is 22.0. The number of halogens is 3. The van der Waals surface area contributed by atoms with Gasteiger partial charge in [-0.1, -0.05) is 0 Å². The third kappa shape index (κ3) is 5.35. The lowest BCUT2D eigenvalue weighted by Gasteiger charge is -2.38. The van der Waals surface area contributed by atoms with E-state index in [9.17, 15) is 18.0 Å². The number of amides is 1. The number of nitrogens with zero attached hydrogens (tertiary/aromatic N) is 5. The zero-order valence-electron chi connectivity index (χ0n) is 17.4. The quantitative estimate of drug-likeness (QED) is 0.710. The maximum Gasteiger partial charge on any atom is 0.417 e. The van der Waals surface area contributed by atoms with Gasteiger partial charge in [0.2, 0.25) is 5.91 Å². The number of pyridine rings is 1. The van der Waals surface area contributed by atoms with E-state index in [2.05, 4.69) is 20.2 Å². The van der Waals surface area contributed by atoms with E-state index >= 15 is 0 Å². The van der Waals surface area contributed by atoms with E-state index in [0.717, 1.165) is 55.7 Å². The maximum absolute atomic E-state index is 13.0. The molecule has 0 spiro atoms. The SMILES string of the molecule is Cc1nc(CN2CCN(C(=O)C3CCN(c4ccc(C(F)(F)F)cn4)CC3)CC2)cs1. The van der Waals surface area contributed by atoms with E-state index in [0.29, 0.717) is 31.7 Å². The van der Waals surface area contributed by atoms with Crippen molar-refractivity contribution in [1.29, 1.82) is 0 Å². The molecule has 2 saturated heterocycles. The highest BCUT2D eigenvalue weighted by atomic mass is 32.1. The zero-order valence-corrected chi connectivity index (χ0v) is 18.3. The molecule has 0 aromatic carbocycles. The molecular weight excluding hydrogens is 427 g/mol. The second kappa shape index (κ2) is 9.12. The second-order valence-electron chi connectivity index (χ2n) is 8.12. The van der Waals surface area contributed by atoms with Gasteiger partial charge in [0.05, 0.1) is 16.3 Å². The molecule has 4 rings (SSSR count). The summed E-state index contributed by atoms with van der Waals surface area (Å²) in [5, 5.41) is 3.16. The summed E-state index contributed by atoms with van der Waals surface area (Å²) in [6.07, 6.45) is -2.12. The summed E-state index contributed by atoms with van der Waals surface area (Å²) >= 11 is 1.66. The largest absolute Gasteiger partial charge is 0.417 e. The van der Waals surface area contributed by atoms with Crippen LogP contribution in [-0.4, -0.2) is 64.9 Å². The number of carbonyl (C=O) groups excluding carboxylic acids is 1. The molecule has 2 fully saturated rings. The average Bonchev–Trinajstić information content (AvgIpc) is 3.18. The molecule has 10 heteroatoms. The smallest absolute Gasteiger partial charge is 0.357 e. The van der Waals surface area contributed by atoms with Crippen LogP contribution in [0.1, 0.15) is 29.1 Å². The lowest BCUT2D eigenvalue weighted by atomic mass is 9.95. The van der Waals surface area contributed by atoms with Gasteiger partial charge in [0, 0.05) is 63.3 Å². The van der Waals surface area contributed by atoms with Gasteiger partial charge in [-0.15, -0.1) is 11.3 Å². The molecule has 0 bridgehead atoms. The minimum atomic E-state index is -4.38. The molecule has 0 saturated carbocycles. The lowest BCUT2D eigenvalue weighted by Crippen LogP contribution is -2.51. The van der Waals surface area contributed by atoms with Crippen LogP contribution in [0, 0.1) is 12.8 Å². The number of rotatable bonds is 4. The van der Waals surface area contributed by atoms with Gasteiger partial charge in [0.15, 0.2) is 0 Å². The number of aryl methyl sites for hydroxylation is 1. The van der Waals surface area contributed by atoms with Crippen LogP contribution in [0.3, 0.4) is 0 Å². The Kier molecular flexibility index (Phi) is 6.47. The summed E-state index contributed by atoms with van der Waals surface area (Å²) in [6, 6.07) is 2.47. The van der Waals surface area contributed by atoms with Crippen LogP contribution in [0.2, 0.25) is 0 Å². The topological polar surface area (TPSA) is 52.6 Å². The van der Waals surface area contributed by atoms with Crippen molar-refractivity contribution in [3.63, 3.8) is 0 Å². The molecule has 0 aliphatic carbocycles. The predicted octanol–water partition coefficient (Wildman–Crippen LogP) is 3.43. The second-order valence-corrected chi connectivity index (χ2v) is 9.19. The molecule has 1 amide bonds. The fraction of sp³-hybridized carbons (Fsp3) is 0.571. The highest BCUT2D eigenvalue weighted by Gasteiger charge is 2.33. The Morgan fingerprint density at radius 1 is 1.13 bits per heavy atom. The monoisotopic (exact) mass is 453 g/mol. The Morgan fingerprint density at radius 2 is 1.84 bits per heavy atom. The van der Waals surface area contributed by atoms with Crippen LogP contribution in [0.4, 0.5) is 19.0 Å². The van der Waals surface area contributed by atoms with E-state index in [4.69, 9.17) is 0 Å². The Morgan fingerprint density at radius 3 is 2.39 bits per heavy atom. The highest BCUT2D eigenvalue weighted by molar-refractivity contribution is 7.09. The number of hydrogen-bond acceptors (Lipinski definition) is 6. The first-order valence-electron chi connectivity index (χ1n) is 10.5. The molecule has 2 aromatic heterocycles. The summed E-state index contributed by atoms with van der Waals surface area (Å²) in [4.78, 5) is 27.7. The maximum atomic E-state index is 13.0. The lowest BCUT2D eigenvalue weighted by molar-refractivity contribution is -0.138. The summed E-state index contributed by atoms with van der Waals surface area (Å²) in [7, 11) is 0. The molecule has 0 atom stereocenters. The van der Waals surface area contributed by atoms with Crippen molar-refractivity contribution >= 4 is 23.1 Å². The molecule has 2 aromatic rings. The number of piperidine rings is 1. The minimum absolute atomic E-state index is 0.0292. The molecule has 0 unspecified atom stereocenters. The van der Waals surface area contributed by atoms with Crippen molar-refractivity contribution < 1.29 is 18.0 Å². The van der Waals surface area contributed by atoms with Gasteiger partial charge < -0.3 is 9.80 Å². The first-order chi connectivity index (χ1) is 14.8. The molecule has 31 heavy (non-hydrogen) atoms. The van der Waals surface area contributed by atoms with Crippen molar-refractivity contribution in [3.8, 4) is 0 Å². The van der Waals surface area contributed by atoms with E-state index in [-0.39, 0.29) is 11.8 Å². The number of piperazine rings is 1. The third-order valence-electron chi connectivity index (χ3n) is 5.98. The fourth-order valence-corrected chi connectivity index (χ4v) is 4.79. The van der Waals surface area contributed by atoms with Gasteiger partial charge in [0.1, 0.15) is 5.82 Å². The molecule has 6 nitrogen and oxygen atoms in total. The molecule has 0 N–H and O–H groups in total. The summed E-state index contributed by atoms with van der Waals surface area (Å²) in [5.74, 6) is 0.701. The van der Waals surface area contributed by atoms with E-state index in [1.54, 1.807) is 11.3 Å². The normalized spacial score (nSPS) is 19.1. The molecule has 4 heterocycles. The van der Waals surface area contributed by atoms with Crippen molar-refractivity contribution in [2.75, 3.05) is 44.2 Å². The van der Waals surface area contributed by atoms with Gasteiger partial charge in [-0.05, 0) is 31.9 Å². The number of aromatic nitrogens is 2. The van der Waals surface area contributed by atoms with Crippen LogP contribution < -0.4 is 4.90 Å². The van der Waals surface area contributed by atoms with Gasteiger partial charge in [-0.25, -0.2) is 9.97 Å². The molecule has 0 radical (unpaired) electrons. The zero-order chi connectivity index (χ0) is 22.0. The van der Waals surface area contributed by atoms with Gasteiger partial charge in [-0.2, -0.15) is 13.2 Å². The molecule has 168 valence electrons. The van der Waals surface area contributed by atoms with Gasteiger partial charge >= 0.3 is 6.18 Å². The Labute approximate surface area is 183 Å². The van der Waals surface area contributed by atoms with E-state index < -0.39 is 11.7 Å². The van der Waals surface area contributed by atoms with Crippen LogP contribution in [0.15, 0.2) is 23.7 Å². The number of thiazole rings is 1. The highest BCUT2D eigenvalue weighted by Crippen LogP contribution is 2.30. The summed E-state index contributed by atoms with van der Waals surface area (Å²) < 4.78 is 38.1.